The molecular formula is C31H42N2O4. The van der Waals surface area contributed by atoms with Gasteiger partial charge in [0.1, 0.15) is 5.75 Å². The first kappa shape index (κ1) is 28.5. The third kappa shape index (κ3) is 6.61. The van der Waals surface area contributed by atoms with Crippen molar-refractivity contribution in [3.8, 4) is 5.75 Å². The summed E-state index contributed by atoms with van der Waals surface area (Å²) in [7, 11) is 4.11. The highest BCUT2D eigenvalue weighted by atomic mass is 16.5. The number of carbonyl (C=O) groups is 2. The molecule has 0 aliphatic carbocycles. The number of amides is 1. The van der Waals surface area contributed by atoms with Crippen molar-refractivity contribution in [3.05, 3.63) is 70.3 Å². The van der Waals surface area contributed by atoms with Gasteiger partial charge in [0.2, 0.25) is 5.78 Å². The molecule has 1 amide bonds. The summed E-state index contributed by atoms with van der Waals surface area (Å²) in [6.07, 6.45) is 0.736. The van der Waals surface area contributed by atoms with Crippen LogP contribution in [0.15, 0.2) is 48.0 Å². The first-order valence-electron chi connectivity index (χ1n) is 13.2. The van der Waals surface area contributed by atoms with Crippen LogP contribution >= 0.6 is 0 Å². The van der Waals surface area contributed by atoms with Crippen LogP contribution in [0.25, 0.3) is 5.76 Å². The van der Waals surface area contributed by atoms with E-state index in [9.17, 15) is 14.7 Å². The zero-order chi connectivity index (χ0) is 27.5. The summed E-state index contributed by atoms with van der Waals surface area (Å²) in [6.45, 7) is 14.2. The Morgan fingerprint density at radius 3 is 2.27 bits per heavy atom. The van der Waals surface area contributed by atoms with Gasteiger partial charge in [-0.1, -0.05) is 70.7 Å². The van der Waals surface area contributed by atoms with Crippen molar-refractivity contribution in [1.82, 2.24) is 4.90 Å². The molecule has 0 saturated carbocycles. The summed E-state index contributed by atoms with van der Waals surface area (Å²) in [5.74, 6) is -0.631. The van der Waals surface area contributed by atoms with Crippen molar-refractivity contribution < 1.29 is 24.3 Å². The van der Waals surface area contributed by atoms with Crippen molar-refractivity contribution in [1.29, 1.82) is 0 Å². The number of aryl methyl sites for hydroxylation is 1. The Hall–Kier alpha value is -3.12. The summed E-state index contributed by atoms with van der Waals surface area (Å²) >= 11 is 0. The van der Waals surface area contributed by atoms with Gasteiger partial charge in [0.15, 0.2) is 0 Å². The van der Waals surface area contributed by atoms with Crippen LogP contribution < -0.4 is 14.7 Å². The van der Waals surface area contributed by atoms with Crippen molar-refractivity contribution in [2.24, 2.45) is 5.92 Å². The van der Waals surface area contributed by atoms with Crippen molar-refractivity contribution >= 4 is 17.4 Å². The summed E-state index contributed by atoms with van der Waals surface area (Å²) in [4.78, 5) is 29.4. The zero-order valence-corrected chi connectivity index (χ0v) is 23.6. The number of benzene rings is 2. The molecule has 1 unspecified atom stereocenters. The number of hydrogen-bond acceptors (Lipinski definition) is 4. The number of likely N-dealkylation sites (tertiary alicyclic amines) is 1. The van der Waals surface area contributed by atoms with Gasteiger partial charge in [0, 0.05) is 18.5 Å². The number of nitrogens with zero attached hydrogens (tertiary/aromatic N) is 1. The lowest BCUT2D eigenvalue weighted by Crippen LogP contribution is -3.05. The molecule has 0 aromatic heterocycles. The highest BCUT2D eigenvalue weighted by Gasteiger charge is 2.44. The first-order valence-corrected chi connectivity index (χ1v) is 13.2. The molecule has 0 spiro atoms. The van der Waals surface area contributed by atoms with E-state index in [1.165, 1.54) is 4.90 Å². The molecule has 1 atom stereocenters. The maximum absolute atomic E-state index is 13.9. The average Bonchev–Trinajstić information content (AvgIpc) is 3.06. The van der Waals surface area contributed by atoms with Crippen molar-refractivity contribution in [3.63, 3.8) is 0 Å². The SMILES string of the molecule is Cc1cc(OCC(C)C)ccc1C([O-])=C1C(=O)C(=O)N(CCC[NH+](C)C)C1c1ccc(C(C)(C)C)cc1. The van der Waals surface area contributed by atoms with E-state index in [1.54, 1.807) is 17.0 Å². The van der Waals surface area contributed by atoms with Gasteiger partial charge in [0.25, 0.3) is 5.91 Å². The minimum Gasteiger partial charge on any atom is -0.872 e. The number of ketones is 1. The Balaban J connectivity index is 2.07. The molecule has 6 nitrogen and oxygen atoms in total. The number of nitrogens with one attached hydrogen (secondary N) is 1. The number of Topliss-reactive ketones (excluding diaryl/α,β-unsaturated/α-hetero) is 1. The highest BCUT2D eigenvalue weighted by Crippen LogP contribution is 2.40. The lowest BCUT2D eigenvalue weighted by molar-refractivity contribution is -0.858. The molecule has 3 rings (SSSR count). The normalized spacial score (nSPS) is 17.8. The fourth-order valence-electron chi connectivity index (χ4n) is 4.60. The van der Waals surface area contributed by atoms with E-state index in [0.717, 1.165) is 29.7 Å². The predicted octanol–water partition coefficient (Wildman–Crippen LogP) is 3.09. The molecule has 1 aliphatic heterocycles. The summed E-state index contributed by atoms with van der Waals surface area (Å²) in [5, 5.41) is 13.9. The molecular weight excluding hydrogens is 464 g/mol. The largest absolute Gasteiger partial charge is 0.872 e. The second kappa shape index (κ2) is 11.5. The van der Waals surface area contributed by atoms with Gasteiger partial charge in [-0.05, 0) is 52.6 Å². The van der Waals surface area contributed by atoms with Crippen LogP contribution in [0.3, 0.4) is 0 Å². The van der Waals surface area contributed by atoms with E-state index in [2.05, 4.69) is 48.7 Å². The molecule has 200 valence electrons. The summed E-state index contributed by atoms with van der Waals surface area (Å²) in [5.41, 5.74) is 3.06. The van der Waals surface area contributed by atoms with Crippen molar-refractivity contribution in [2.45, 2.75) is 59.4 Å². The van der Waals surface area contributed by atoms with Gasteiger partial charge < -0.3 is 19.6 Å². The van der Waals surface area contributed by atoms with Crippen LogP contribution in [0.5, 0.6) is 5.75 Å². The molecule has 1 aliphatic rings. The van der Waals surface area contributed by atoms with E-state index >= 15 is 0 Å². The molecule has 2 aromatic rings. The number of hydrogen-bond donors (Lipinski definition) is 1. The van der Waals surface area contributed by atoms with Crippen LogP contribution in [0.4, 0.5) is 0 Å². The van der Waals surface area contributed by atoms with E-state index < -0.39 is 23.5 Å². The van der Waals surface area contributed by atoms with Gasteiger partial charge in [-0.2, -0.15) is 0 Å². The zero-order valence-electron chi connectivity index (χ0n) is 23.6. The molecule has 0 bridgehead atoms. The van der Waals surface area contributed by atoms with Gasteiger partial charge in [-0.25, -0.2) is 0 Å². The third-order valence-corrected chi connectivity index (χ3v) is 6.72. The molecule has 1 fully saturated rings. The van der Waals surface area contributed by atoms with Gasteiger partial charge >= 0.3 is 0 Å². The highest BCUT2D eigenvalue weighted by molar-refractivity contribution is 6.46. The Kier molecular flexibility index (Phi) is 8.85. The lowest BCUT2D eigenvalue weighted by atomic mass is 9.85. The summed E-state index contributed by atoms with van der Waals surface area (Å²) < 4.78 is 5.81. The van der Waals surface area contributed by atoms with Crippen molar-refractivity contribution in [2.75, 3.05) is 33.8 Å². The second-order valence-electron chi connectivity index (χ2n) is 11.8. The number of quaternary nitrogens is 1. The maximum atomic E-state index is 13.9. The minimum absolute atomic E-state index is 0.0321. The lowest BCUT2D eigenvalue weighted by Gasteiger charge is -2.29. The van der Waals surface area contributed by atoms with E-state index in [-0.39, 0.29) is 11.0 Å². The van der Waals surface area contributed by atoms with E-state index in [4.69, 9.17) is 4.74 Å². The van der Waals surface area contributed by atoms with Gasteiger partial charge in [0.05, 0.1) is 33.3 Å². The van der Waals surface area contributed by atoms with Crippen LogP contribution in [-0.2, 0) is 15.0 Å². The number of ether oxygens (including phenoxy) is 1. The summed E-state index contributed by atoms with van der Waals surface area (Å²) in [6, 6.07) is 12.5. The average molecular weight is 507 g/mol. The number of rotatable bonds is 9. The standard InChI is InChI=1S/C31H42N2O4/c1-20(2)19-37-24-14-15-25(21(3)18-24)28(34)26-27(22-10-12-23(13-11-22)31(4,5)6)33(30(36)29(26)35)17-9-16-32(7)8/h10-15,18,20,27,34H,9,16-17,19H2,1-8H3. The maximum Gasteiger partial charge on any atom is 0.295 e. The molecule has 1 N–H and O–H groups in total. The van der Waals surface area contributed by atoms with Crippen LogP contribution in [0.1, 0.15) is 69.3 Å². The van der Waals surface area contributed by atoms with Gasteiger partial charge in [-0.15, -0.1) is 0 Å². The second-order valence-corrected chi connectivity index (χ2v) is 11.8. The minimum atomic E-state index is -0.702. The third-order valence-electron chi connectivity index (χ3n) is 6.72. The van der Waals surface area contributed by atoms with E-state index in [1.807, 2.05) is 37.3 Å². The Morgan fingerprint density at radius 1 is 1.08 bits per heavy atom. The molecule has 2 aromatic carbocycles. The predicted molar refractivity (Wildman–Crippen MR) is 145 cm³/mol. The number of carbonyl (C=O) groups excluding carboxylic acids is 2. The molecule has 37 heavy (non-hydrogen) atoms. The van der Waals surface area contributed by atoms with Gasteiger partial charge in [-0.3, -0.25) is 9.59 Å². The van der Waals surface area contributed by atoms with Crippen LogP contribution in [-0.4, -0.2) is 50.4 Å². The Morgan fingerprint density at radius 2 is 1.73 bits per heavy atom. The Labute approximate surface area is 221 Å². The van der Waals surface area contributed by atoms with Crippen LogP contribution in [0.2, 0.25) is 0 Å². The molecule has 0 radical (unpaired) electrons. The quantitative estimate of drug-likeness (QED) is 0.322. The first-order chi connectivity index (χ1) is 17.3. The fourth-order valence-corrected chi connectivity index (χ4v) is 4.60. The Bertz CT molecular complexity index is 1160. The molecule has 1 saturated heterocycles. The fraction of sp³-hybridized carbons (Fsp3) is 0.484. The monoisotopic (exact) mass is 506 g/mol. The smallest absolute Gasteiger partial charge is 0.295 e. The molecule has 1 heterocycles. The topological polar surface area (TPSA) is 74.1 Å². The van der Waals surface area contributed by atoms with Crippen LogP contribution in [0, 0.1) is 12.8 Å². The molecule has 6 heteroatoms. The van der Waals surface area contributed by atoms with E-state index in [0.29, 0.717) is 30.4 Å².